The Morgan fingerprint density at radius 2 is 2.03 bits per heavy atom. The summed E-state index contributed by atoms with van der Waals surface area (Å²) >= 11 is 0. The number of guanidine groups is 1. The number of fused-ring (bicyclic) bond motifs is 1. The number of pyridine rings is 1. The van der Waals surface area contributed by atoms with E-state index in [-0.39, 0.29) is 34.0 Å². The predicted octanol–water partition coefficient (Wildman–Crippen LogP) is -0.0494. The molecule has 0 atom stereocenters. The largest absolute Gasteiger partial charge is 1.00 e. The first-order valence-electron chi connectivity index (χ1n) is 9.11. The average Bonchev–Trinajstić information content (AvgIpc) is 3.06. The standard InChI is InChI=1S/C21H23N6.2BrH/c1-26-19(16-27-15-3-2-7-20(26)27)18-10-8-17(9-11-18)6-4-14-24-25-21-22-12-5-13-23-21;;/h2-4,6-11,14-16H,5,12-13H2,1H3,(H2,22,23,25);2*1H/q+1;;/p-1/b6-4+,24-14+;;. The van der Waals surface area contributed by atoms with Gasteiger partial charge < -0.3 is 22.3 Å². The van der Waals surface area contributed by atoms with Crippen molar-refractivity contribution in [2.24, 2.45) is 17.1 Å². The van der Waals surface area contributed by atoms with E-state index in [2.05, 4.69) is 85.6 Å². The number of aromatic nitrogens is 2. The maximum atomic E-state index is 4.30. The summed E-state index contributed by atoms with van der Waals surface area (Å²) in [6.07, 6.45) is 11.0. The second-order valence-corrected chi connectivity index (χ2v) is 6.42. The number of aliphatic imine (C=N–C) groups is 1. The normalized spacial score (nSPS) is 13.6. The van der Waals surface area contributed by atoms with Gasteiger partial charge in [-0.25, -0.2) is 14.4 Å². The lowest BCUT2D eigenvalue weighted by molar-refractivity contribution is -0.510. The van der Waals surface area contributed by atoms with Gasteiger partial charge in [-0.15, -0.1) is 17.0 Å². The van der Waals surface area contributed by atoms with Gasteiger partial charge in [0.2, 0.25) is 5.96 Å². The van der Waals surface area contributed by atoms with Crippen LogP contribution in [0.1, 0.15) is 12.0 Å². The first kappa shape index (κ1) is 22.8. The number of nitrogens with zero attached hydrogens (tertiary/aromatic N) is 4. The molecule has 1 aliphatic rings. The summed E-state index contributed by atoms with van der Waals surface area (Å²) in [5, 5.41) is 7.31. The molecular weight excluding hydrogens is 496 g/mol. The summed E-state index contributed by atoms with van der Waals surface area (Å²) in [5.74, 6) is 0.739. The molecule has 0 amide bonds. The van der Waals surface area contributed by atoms with E-state index in [1.807, 2.05) is 18.2 Å². The van der Waals surface area contributed by atoms with E-state index < -0.39 is 0 Å². The molecule has 0 fully saturated rings. The van der Waals surface area contributed by atoms with Crippen LogP contribution in [0.5, 0.6) is 0 Å². The third kappa shape index (κ3) is 5.55. The fourth-order valence-corrected chi connectivity index (χ4v) is 3.12. The zero-order chi connectivity index (χ0) is 18.5. The van der Waals surface area contributed by atoms with Gasteiger partial charge >= 0.3 is 0 Å². The van der Waals surface area contributed by atoms with Crippen molar-refractivity contribution in [3.8, 4) is 11.3 Å². The molecular formula is C21H24Br2N6. The van der Waals surface area contributed by atoms with E-state index in [9.17, 15) is 0 Å². The molecule has 152 valence electrons. The molecule has 0 unspecified atom stereocenters. The number of hydrogen-bond acceptors (Lipinski definition) is 4. The molecule has 0 saturated heterocycles. The second kappa shape index (κ2) is 10.9. The molecule has 2 N–H and O–H groups in total. The van der Waals surface area contributed by atoms with Gasteiger partial charge in [0, 0.05) is 30.9 Å². The molecule has 0 aliphatic carbocycles. The summed E-state index contributed by atoms with van der Waals surface area (Å²) in [7, 11) is 2.09. The van der Waals surface area contributed by atoms with E-state index in [1.165, 1.54) is 11.3 Å². The summed E-state index contributed by atoms with van der Waals surface area (Å²) in [6.45, 7) is 1.79. The average molecular weight is 520 g/mol. The van der Waals surface area contributed by atoms with Crippen LogP contribution in [0.15, 0.2) is 71.0 Å². The van der Waals surface area contributed by atoms with Gasteiger partial charge in [-0.05, 0) is 36.3 Å². The van der Waals surface area contributed by atoms with Gasteiger partial charge in [0.15, 0.2) is 5.69 Å². The van der Waals surface area contributed by atoms with Gasteiger partial charge in [0.05, 0.1) is 13.2 Å². The molecule has 4 rings (SSSR count). The summed E-state index contributed by atoms with van der Waals surface area (Å²) in [5.41, 5.74) is 7.58. The number of imidazole rings is 1. The first-order valence-corrected chi connectivity index (χ1v) is 9.11. The molecule has 1 aromatic carbocycles. The minimum Gasteiger partial charge on any atom is -1.00 e. The van der Waals surface area contributed by atoms with E-state index in [1.54, 1.807) is 6.21 Å². The van der Waals surface area contributed by atoms with Gasteiger partial charge in [-0.3, -0.25) is 4.99 Å². The van der Waals surface area contributed by atoms with Gasteiger partial charge in [0.25, 0.3) is 5.65 Å². The smallest absolute Gasteiger partial charge is 0.286 e. The second-order valence-electron chi connectivity index (χ2n) is 6.42. The van der Waals surface area contributed by atoms with Gasteiger partial charge in [-0.2, -0.15) is 5.10 Å². The zero-order valence-electron chi connectivity index (χ0n) is 16.1. The number of benzene rings is 1. The van der Waals surface area contributed by atoms with E-state index >= 15 is 0 Å². The quantitative estimate of drug-likeness (QED) is 0.288. The summed E-state index contributed by atoms with van der Waals surface area (Å²) < 4.78 is 4.34. The molecule has 0 saturated carbocycles. The fraction of sp³-hybridized carbons (Fsp3) is 0.190. The molecule has 1 aliphatic heterocycles. The zero-order valence-corrected chi connectivity index (χ0v) is 19.4. The Morgan fingerprint density at radius 3 is 2.76 bits per heavy atom. The SMILES string of the molecule is Br.Cn1c(-c2ccc(/C=C/C=N/NC3=NCCCN3)cc2)c[n+]2ccccc12.[Br-]. The highest BCUT2D eigenvalue weighted by Crippen LogP contribution is 2.20. The van der Waals surface area contributed by atoms with Gasteiger partial charge in [-0.1, -0.05) is 24.3 Å². The monoisotopic (exact) mass is 518 g/mol. The van der Waals surface area contributed by atoms with Crippen LogP contribution in [-0.2, 0) is 7.05 Å². The number of allylic oxidation sites excluding steroid dienone is 1. The third-order valence-electron chi connectivity index (χ3n) is 4.56. The predicted molar refractivity (Wildman–Crippen MR) is 120 cm³/mol. The summed E-state index contributed by atoms with van der Waals surface area (Å²) in [4.78, 5) is 4.30. The van der Waals surface area contributed by atoms with Crippen molar-refractivity contribution in [1.82, 2.24) is 15.3 Å². The van der Waals surface area contributed by atoms with Crippen LogP contribution in [0.4, 0.5) is 0 Å². The van der Waals surface area contributed by atoms with Crippen LogP contribution in [0.2, 0.25) is 0 Å². The number of rotatable bonds is 4. The number of nitrogens with one attached hydrogen (secondary N) is 2. The lowest BCUT2D eigenvalue weighted by Gasteiger charge is -2.12. The van der Waals surface area contributed by atoms with Crippen LogP contribution in [0, 0.1) is 0 Å². The van der Waals surface area contributed by atoms with Crippen molar-refractivity contribution in [2.45, 2.75) is 6.42 Å². The lowest BCUT2D eigenvalue weighted by Crippen LogP contribution is -3.00. The van der Waals surface area contributed by atoms with Crippen molar-refractivity contribution in [2.75, 3.05) is 13.1 Å². The van der Waals surface area contributed by atoms with Crippen LogP contribution in [0.3, 0.4) is 0 Å². The number of hydrazone groups is 1. The van der Waals surface area contributed by atoms with E-state index in [0.717, 1.165) is 36.7 Å². The third-order valence-corrected chi connectivity index (χ3v) is 4.56. The van der Waals surface area contributed by atoms with Crippen molar-refractivity contribution in [1.29, 1.82) is 0 Å². The minimum absolute atomic E-state index is 0. The Balaban J connectivity index is 0.00000150. The maximum absolute atomic E-state index is 4.30. The summed E-state index contributed by atoms with van der Waals surface area (Å²) in [6, 6.07) is 14.7. The maximum Gasteiger partial charge on any atom is 0.286 e. The molecule has 0 radical (unpaired) electrons. The molecule has 2 aromatic heterocycles. The van der Waals surface area contributed by atoms with Crippen molar-refractivity contribution >= 4 is 40.9 Å². The van der Waals surface area contributed by atoms with Crippen molar-refractivity contribution in [3.05, 3.63) is 66.5 Å². The van der Waals surface area contributed by atoms with E-state index in [0.29, 0.717) is 0 Å². The molecule has 8 heteroatoms. The van der Waals surface area contributed by atoms with Crippen LogP contribution >= 0.6 is 17.0 Å². The van der Waals surface area contributed by atoms with Crippen molar-refractivity contribution < 1.29 is 21.4 Å². The van der Waals surface area contributed by atoms with Gasteiger partial charge in [0.1, 0.15) is 6.20 Å². The molecule has 0 bridgehead atoms. The Bertz CT molecular complexity index is 1020. The molecule has 29 heavy (non-hydrogen) atoms. The van der Waals surface area contributed by atoms with Crippen LogP contribution < -0.4 is 32.1 Å². The minimum atomic E-state index is 0. The van der Waals surface area contributed by atoms with Crippen LogP contribution in [0.25, 0.3) is 23.0 Å². The number of aryl methyl sites for hydroxylation is 1. The Kier molecular flexibility index (Phi) is 8.60. The van der Waals surface area contributed by atoms with Crippen LogP contribution in [-0.4, -0.2) is 29.8 Å². The van der Waals surface area contributed by atoms with Crippen molar-refractivity contribution in [3.63, 3.8) is 0 Å². The van der Waals surface area contributed by atoms with E-state index in [4.69, 9.17) is 0 Å². The number of halogens is 2. The molecule has 6 nitrogen and oxygen atoms in total. The topological polar surface area (TPSA) is 57.8 Å². The highest BCUT2D eigenvalue weighted by atomic mass is 79.9. The Hall–Kier alpha value is -2.45. The fourth-order valence-electron chi connectivity index (χ4n) is 3.12. The Morgan fingerprint density at radius 1 is 1.21 bits per heavy atom. The first-order chi connectivity index (χ1) is 13.3. The highest BCUT2D eigenvalue weighted by molar-refractivity contribution is 8.93. The lowest BCUT2D eigenvalue weighted by atomic mass is 10.1. The molecule has 3 heterocycles. The number of hydrogen-bond donors (Lipinski definition) is 2. The highest BCUT2D eigenvalue weighted by Gasteiger charge is 2.14. The molecule has 0 spiro atoms. The molecule has 3 aromatic rings. The Labute approximate surface area is 191 Å².